The van der Waals surface area contributed by atoms with E-state index in [0.29, 0.717) is 61.6 Å². The predicted molar refractivity (Wildman–Crippen MR) is 129 cm³/mol. The molecule has 0 aliphatic heterocycles. The number of aromatic nitrogens is 1. The normalized spacial score (nSPS) is 10.9. The van der Waals surface area contributed by atoms with Crippen LogP contribution in [-0.2, 0) is 17.8 Å². The van der Waals surface area contributed by atoms with Crippen molar-refractivity contribution in [1.82, 2.24) is 4.98 Å². The SMILES string of the molecule is COc1cc(-c2[nH]c3cc(Cl)cc(Cl)c3c2CC(=O)O)cc(OC)c1OCc1ccccc1. The molecule has 0 fully saturated rings. The summed E-state index contributed by atoms with van der Waals surface area (Å²) < 4.78 is 17.2. The van der Waals surface area contributed by atoms with Crippen LogP contribution in [0.4, 0.5) is 0 Å². The smallest absolute Gasteiger partial charge is 0.307 e. The fourth-order valence-electron chi connectivity index (χ4n) is 3.78. The minimum absolute atomic E-state index is 0.229. The van der Waals surface area contributed by atoms with Gasteiger partial charge < -0.3 is 24.3 Å². The molecule has 6 nitrogen and oxygen atoms in total. The Labute approximate surface area is 200 Å². The summed E-state index contributed by atoms with van der Waals surface area (Å²) in [5, 5.41) is 11.0. The highest BCUT2D eigenvalue weighted by atomic mass is 35.5. The Hall–Kier alpha value is -3.35. The number of nitrogens with one attached hydrogen (secondary N) is 1. The summed E-state index contributed by atoms with van der Waals surface area (Å²) in [6.07, 6.45) is -0.229. The Morgan fingerprint density at radius 2 is 1.67 bits per heavy atom. The Balaban J connectivity index is 1.84. The Kier molecular flexibility index (Phi) is 6.67. The van der Waals surface area contributed by atoms with Crippen LogP contribution >= 0.6 is 23.2 Å². The zero-order chi connectivity index (χ0) is 23.5. The van der Waals surface area contributed by atoms with Gasteiger partial charge in [0.1, 0.15) is 6.61 Å². The molecular formula is C25H21Cl2NO5. The third-order valence-corrected chi connectivity index (χ3v) is 5.74. The van der Waals surface area contributed by atoms with Gasteiger partial charge in [0.05, 0.1) is 31.4 Å². The Morgan fingerprint density at radius 1 is 1.00 bits per heavy atom. The van der Waals surface area contributed by atoms with Crippen molar-refractivity contribution < 1.29 is 24.1 Å². The van der Waals surface area contributed by atoms with Gasteiger partial charge in [-0.2, -0.15) is 0 Å². The second-order valence-electron chi connectivity index (χ2n) is 7.34. The lowest BCUT2D eigenvalue weighted by Crippen LogP contribution is -2.03. The molecule has 8 heteroatoms. The van der Waals surface area contributed by atoms with Crippen LogP contribution in [0, 0.1) is 0 Å². The van der Waals surface area contributed by atoms with Crippen LogP contribution < -0.4 is 14.2 Å². The van der Waals surface area contributed by atoms with Crippen molar-refractivity contribution in [2.75, 3.05) is 14.2 Å². The highest BCUT2D eigenvalue weighted by Gasteiger charge is 2.22. The average Bonchev–Trinajstić information content (AvgIpc) is 3.15. The summed E-state index contributed by atoms with van der Waals surface area (Å²) >= 11 is 12.6. The van der Waals surface area contributed by atoms with Crippen molar-refractivity contribution in [3.63, 3.8) is 0 Å². The number of methoxy groups -OCH3 is 2. The van der Waals surface area contributed by atoms with E-state index < -0.39 is 5.97 Å². The molecule has 0 unspecified atom stereocenters. The first-order chi connectivity index (χ1) is 15.9. The minimum Gasteiger partial charge on any atom is -0.493 e. The van der Waals surface area contributed by atoms with Crippen LogP contribution in [0.1, 0.15) is 11.1 Å². The molecule has 0 aliphatic rings. The molecule has 33 heavy (non-hydrogen) atoms. The van der Waals surface area contributed by atoms with Crippen LogP contribution in [-0.4, -0.2) is 30.3 Å². The van der Waals surface area contributed by atoms with Gasteiger partial charge in [-0.05, 0) is 35.4 Å². The number of fused-ring (bicyclic) bond motifs is 1. The van der Waals surface area contributed by atoms with E-state index in [9.17, 15) is 9.90 Å². The lowest BCUT2D eigenvalue weighted by molar-refractivity contribution is -0.136. The molecule has 0 aliphatic carbocycles. The molecular weight excluding hydrogens is 465 g/mol. The topological polar surface area (TPSA) is 80.8 Å². The van der Waals surface area contributed by atoms with Gasteiger partial charge in [0, 0.05) is 21.5 Å². The van der Waals surface area contributed by atoms with Crippen LogP contribution in [0.2, 0.25) is 10.0 Å². The van der Waals surface area contributed by atoms with Crippen molar-refractivity contribution >= 4 is 40.1 Å². The molecule has 4 aromatic rings. The van der Waals surface area contributed by atoms with Crippen LogP contribution in [0.3, 0.4) is 0 Å². The van der Waals surface area contributed by atoms with Crippen LogP contribution in [0.15, 0.2) is 54.6 Å². The van der Waals surface area contributed by atoms with Gasteiger partial charge in [-0.25, -0.2) is 0 Å². The van der Waals surface area contributed by atoms with Crippen molar-refractivity contribution in [2.45, 2.75) is 13.0 Å². The van der Waals surface area contributed by atoms with Gasteiger partial charge in [0.25, 0.3) is 0 Å². The molecule has 0 saturated carbocycles. The van der Waals surface area contributed by atoms with E-state index in [2.05, 4.69) is 4.98 Å². The molecule has 0 saturated heterocycles. The third kappa shape index (κ3) is 4.72. The first-order valence-electron chi connectivity index (χ1n) is 10.1. The van der Waals surface area contributed by atoms with Crippen molar-refractivity contribution in [1.29, 1.82) is 0 Å². The molecule has 1 heterocycles. The monoisotopic (exact) mass is 485 g/mol. The maximum absolute atomic E-state index is 11.6. The van der Waals surface area contributed by atoms with E-state index in [1.807, 2.05) is 30.3 Å². The van der Waals surface area contributed by atoms with Gasteiger partial charge in [-0.15, -0.1) is 0 Å². The fourth-order valence-corrected chi connectivity index (χ4v) is 4.39. The summed E-state index contributed by atoms with van der Waals surface area (Å²) in [4.78, 5) is 14.9. The summed E-state index contributed by atoms with van der Waals surface area (Å²) in [7, 11) is 3.07. The number of carboxylic acid groups (broad SMARTS) is 1. The quantitative estimate of drug-likeness (QED) is 0.303. The standard InChI is InChI=1S/C25H21Cl2NO5/c1-31-20-8-15(9-21(32-2)25(20)33-13-14-6-4-3-5-7-14)24-17(12-22(29)30)23-18(27)10-16(26)11-19(23)28-24/h3-11,28H,12-13H2,1-2H3,(H,29,30). The van der Waals surface area contributed by atoms with Crippen molar-refractivity contribution in [3.05, 3.63) is 75.8 Å². The number of aliphatic carboxylic acids is 1. The lowest BCUT2D eigenvalue weighted by Gasteiger charge is -2.16. The third-order valence-electron chi connectivity index (χ3n) is 5.22. The maximum Gasteiger partial charge on any atom is 0.307 e. The van der Waals surface area contributed by atoms with E-state index in [0.717, 1.165) is 5.56 Å². The van der Waals surface area contributed by atoms with E-state index in [1.54, 1.807) is 24.3 Å². The molecule has 0 radical (unpaired) electrons. The van der Waals surface area contributed by atoms with Crippen molar-refractivity contribution in [2.24, 2.45) is 0 Å². The zero-order valence-electron chi connectivity index (χ0n) is 17.9. The maximum atomic E-state index is 11.6. The second kappa shape index (κ2) is 9.65. The predicted octanol–water partition coefficient (Wildman–Crippen LogP) is 6.37. The number of carbonyl (C=O) groups is 1. The second-order valence-corrected chi connectivity index (χ2v) is 8.19. The molecule has 0 atom stereocenters. The van der Waals surface area contributed by atoms with Gasteiger partial charge >= 0.3 is 5.97 Å². The molecule has 4 rings (SSSR count). The minimum atomic E-state index is -0.982. The number of hydrogen-bond acceptors (Lipinski definition) is 4. The average molecular weight is 486 g/mol. The van der Waals surface area contributed by atoms with E-state index >= 15 is 0 Å². The highest BCUT2D eigenvalue weighted by Crippen LogP contribution is 2.44. The first-order valence-corrected chi connectivity index (χ1v) is 10.8. The van der Waals surface area contributed by atoms with E-state index in [4.69, 9.17) is 37.4 Å². The molecule has 0 spiro atoms. The summed E-state index contributed by atoms with van der Waals surface area (Å²) in [6.45, 7) is 0.331. The fraction of sp³-hybridized carbons (Fsp3) is 0.160. The van der Waals surface area contributed by atoms with Crippen LogP contribution in [0.5, 0.6) is 17.2 Å². The number of H-pyrrole nitrogens is 1. The number of benzene rings is 3. The molecule has 170 valence electrons. The molecule has 1 aromatic heterocycles. The highest BCUT2D eigenvalue weighted by molar-refractivity contribution is 6.39. The van der Waals surface area contributed by atoms with Gasteiger partial charge in [0.15, 0.2) is 11.5 Å². The lowest BCUT2D eigenvalue weighted by atomic mass is 10.0. The number of halogens is 2. The van der Waals surface area contributed by atoms with E-state index in [-0.39, 0.29) is 6.42 Å². The number of hydrogen-bond donors (Lipinski definition) is 2. The summed E-state index contributed by atoms with van der Waals surface area (Å²) in [6, 6.07) is 16.6. The zero-order valence-corrected chi connectivity index (χ0v) is 19.5. The number of carboxylic acids is 1. The van der Waals surface area contributed by atoms with Crippen LogP contribution in [0.25, 0.3) is 22.2 Å². The Bertz CT molecular complexity index is 1290. The molecule has 2 N–H and O–H groups in total. The van der Waals surface area contributed by atoms with Gasteiger partial charge in [-0.3, -0.25) is 4.79 Å². The summed E-state index contributed by atoms with van der Waals surface area (Å²) in [5.41, 5.74) is 3.43. The number of rotatable bonds is 8. The number of ether oxygens (including phenoxy) is 3. The number of aromatic amines is 1. The van der Waals surface area contributed by atoms with Gasteiger partial charge in [0.2, 0.25) is 5.75 Å². The largest absolute Gasteiger partial charge is 0.493 e. The van der Waals surface area contributed by atoms with E-state index in [1.165, 1.54) is 14.2 Å². The van der Waals surface area contributed by atoms with Gasteiger partial charge in [-0.1, -0.05) is 53.5 Å². The Morgan fingerprint density at radius 3 is 2.27 bits per heavy atom. The van der Waals surface area contributed by atoms with Crippen molar-refractivity contribution in [3.8, 4) is 28.5 Å². The molecule has 0 amide bonds. The first kappa shape index (κ1) is 22.8. The summed E-state index contributed by atoms with van der Waals surface area (Å²) in [5.74, 6) is 0.364. The molecule has 0 bridgehead atoms. The molecule has 3 aromatic carbocycles.